The van der Waals surface area contributed by atoms with Gasteiger partial charge in [0.15, 0.2) is 5.82 Å². The summed E-state index contributed by atoms with van der Waals surface area (Å²) in [5.74, 6) is 1.55. The summed E-state index contributed by atoms with van der Waals surface area (Å²) < 4.78 is 10.0. The summed E-state index contributed by atoms with van der Waals surface area (Å²) in [7, 11) is 1.63. The fraction of sp³-hybridized carbons (Fsp3) is 0.357. The van der Waals surface area contributed by atoms with Crippen molar-refractivity contribution < 1.29 is 14.1 Å². The van der Waals surface area contributed by atoms with E-state index >= 15 is 0 Å². The monoisotopic (exact) mass is 275 g/mol. The van der Waals surface area contributed by atoms with Crippen LogP contribution in [-0.4, -0.2) is 29.7 Å². The first-order valence-corrected chi connectivity index (χ1v) is 6.36. The Morgan fingerprint density at radius 3 is 3.00 bits per heavy atom. The number of carbonyl (C=O) groups is 1. The average Bonchev–Trinajstić information content (AvgIpc) is 2.84. The number of aryl methyl sites for hydroxylation is 1. The fourth-order valence-electron chi connectivity index (χ4n) is 1.79. The zero-order valence-electron chi connectivity index (χ0n) is 11.5. The third kappa shape index (κ3) is 4.08. The summed E-state index contributed by atoms with van der Waals surface area (Å²) in [5, 5.41) is 6.46. The van der Waals surface area contributed by atoms with Gasteiger partial charge in [-0.15, -0.1) is 0 Å². The first-order chi connectivity index (χ1) is 9.67. The van der Waals surface area contributed by atoms with Crippen molar-refractivity contribution in [1.82, 2.24) is 15.5 Å². The predicted octanol–water partition coefficient (Wildman–Crippen LogP) is 1.29. The van der Waals surface area contributed by atoms with Crippen molar-refractivity contribution in [1.29, 1.82) is 0 Å². The Morgan fingerprint density at radius 1 is 1.45 bits per heavy atom. The molecule has 2 aromatic rings. The Hall–Kier alpha value is -2.37. The van der Waals surface area contributed by atoms with Gasteiger partial charge in [-0.05, 0) is 31.0 Å². The number of hydrogen-bond donors (Lipinski definition) is 1. The molecule has 0 aliphatic rings. The van der Waals surface area contributed by atoms with Gasteiger partial charge in [-0.2, -0.15) is 4.98 Å². The number of hydrogen-bond acceptors (Lipinski definition) is 5. The molecule has 1 N–H and O–H groups in total. The molecule has 2 rings (SSSR count). The van der Waals surface area contributed by atoms with Gasteiger partial charge in [0, 0.05) is 6.54 Å². The lowest BCUT2D eigenvalue weighted by atomic mass is 10.1. The highest BCUT2D eigenvalue weighted by Crippen LogP contribution is 2.12. The Kier molecular flexibility index (Phi) is 4.70. The molecule has 0 spiro atoms. The molecule has 0 atom stereocenters. The molecule has 1 amide bonds. The summed E-state index contributed by atoms with van der Waals surface area (Å²) >= 11 is 0. The lowest BCUT2D eigenvalue weighted by Gasteiger charge is -2.05. The Labute approximate surface area is 117 Å². The van der Waals surface area contributed by atoms with Crippen LogP contribution in [0, 0.1) is 6.92 Å². The molecule has 1 aromatic heterocycles. The van der Waals surface area contributed by atoms with E-state index in [0.717, 1.165) is 17.7 Å². The van der Waals surface area contributed by atoms with E-state index in [-0.39, 0.29) is 12.3 Å². The number of aromatic nitrogens is 2. The van der Waals surface area contributed by atoms with Crippen molar-refractivity contribution in [2.75, 3.05) is 13.7 Å². The molecule has 6 nitrogen and oxygen atoms in total. The molecule has 0 radical (unpaired) electrons. The molecule has 0 unspecified atom stereocenters. The molecular formula is C14H17N3O3. The average molecular weight is 275 g/mol. The van der Waals surface area contributed by atoms with Gasteiger partial charge in [0.1, 0.15) is 12.2 Å². The summed E-state index contributed by atoms with van der Waals surface area (Å²) in [6.45, 7) is 2.27. The topological polar surface area (TPSA) is 77.2 Å². The van der Waals surface area contributed by atoms with Crippen molar-refractivity contribution in [2.24, 2.45) is 0 Å². The highest BCUT2D eigenvalue weighted by Gasteiger charge is 2.09. The van der Waals surface area contributed by atoms with Crippen LogP contribution in [0.1, 0.15) is 17.3 Å². The van der Waals surface area contributed by atoms with Crippen molar-refractivity contribution in [3.63, 3.8) is 0 Å². The zero-order chi connectivity index (χ0) is 14.4. The normalized spacial score (nSPS) is 10.3. The van der Waals surface area contributed by atoms with Gasteiger partial charge in [0.25, 0.3) is 0 Å². The number of methoxy groups -OCH3 is 1. The minimum atomic E-state index is -0.128. The molecule has 0 bridgehead atoms. The lowest BCUT2D eigenvalue weighted by Crippen LogP contribution is -2.27. The van der Waals surface area contributed by atoms with E-state index < -0.39 is 0 Å². The fourth-order valence-corrected chi connectivity index (χ4v) is 1.79. The molecule has 106 valence electrons. The van der Waals surface area contributed by atoms with Crippen LogP contribution in [-0.2, 0) is 17.6 Å². The third-order valence-electron chi connectivity index (χ3n) is 2.75. The molecule has 0 saturated heterocycles. The minimum absolute atomic E-state index is 0.110. The van der Waals surface area contributed by atoms with E-state index in [1.54, 1.807) is 14.0 Å². The van der Waals surface area contributed by atoms with Crippen LogP contribution >= 0.6 is 0 Å². The van der Waals surface area contributed by atoms with Gasteiger partial charge in [0.2, 0.25) is 11.8 Å². The Morgan fingerprint density at radius 2 is 2.30 bits per heavy atom. The number of carbonyl (C=O) groups excluding carboxylic acids is 1. The maximum Gasteiger partial charge on any atom is 0.236 e. The van der Waals surface area contributed by atoms with Crippen molar-refractivity contribution in [3.05, 3.63) is 41.5 Å². The summed E-state index contributed by atoms with van der Waals surface area (Å²) in [4.78, 5) is 15.7. The third-order valence-corrected chi connectivity index (χ3v) is 2.75. The molecule has 6 heteroatoms. The van der Waals surface area contributed by atoms with E-state index in [1.807, 2.05) is 24.3 Å². The second-order valence-electron chi connectivity index (χ2n) is 4.36. The maximum atomic E-state index is 11.7. The number of nitrogens with one attached hydrogen (secondary N) is 1. The molecule has 1 heterocycles. The molecule has 0 aliphatic carbocycles. The number of ether oxygens (including phenoxy) is 1. The van der Waals surface area contributed by atoms with Crippen LogP contribution in [0.5, 0.6) is 5.75 Å². The summed E-state index contributed by atoms with van der Waals surface area (Å²) in [6.07, 6.45) is 0.852. The second-order valence-corrected chi connectivity index (χ2v) is 4.36. The van der Waals surface area contributed by atoms with Gasteiger partial charge in [0.05, 0.1) is 7.11 Å². The van der Waals surface area contributed by atoms with Gasteiger partial charge < -0.3 is 14.6 Å². The predicted molar refractivity (Wildman–Crippen MR) is 72.4 cm³/mol. The van der Waals surface area contributed by atoms with Crippen molar-refractivity contribution in [3.8, 4) is 5.75 Å². The van der Waals surface area contributed by atoms with E-state index in [4.69, 9.17) is 9.26 Å². The summed E-state index contributed by atoms with van der Waals surface area (Å²) in [5.41, 5.74) is 1.11. The number of benzene rings is 1. The summed E-state index contributed by atoms with van der Waals surface area (Å²) in [6, 6.07) is 7.76. The quantitative estimate of drug-likeness (QED) is 0.859. The van der Waals surface area contributed by atoms with Gasteiger partial charge in [-0.25, -0.2) is 0 Å². The zero-order valence-corrected chi connectivity index (χ0v) is 11.5. The molecule has 20 heavy (non-hydrogen) atoms. The standard InChI is InChI=1S/C14H17N3O3/c1-10-16-14(20-17-10)9-13(18)15-7-6-11-4-3-5-12(8-11)19-2/h3-5,8H,6-7,9H2,1-2H3,(H,15,18). The highest BCUT2D eigenvalue weighted by molar-refractivity contribution is 5.77. The number of rotatable bonds is 6. The van der Waals surface area contributed by atoms with Gasteiger partial charge >= 0.3 is 0 Å². The van der Waals surface area contributed by atoms with Crippen LogP contribution in [0.25, 0.3) is 0 Å². The Balaban J connectivity index is 1.76. The van der Waals surface area contributed by atoms with Crippen LogP contribution in [0.4, 0.5) is 0 Å². The maximum absolute atomic E-state index is 11.7. The van der Waals surface area contributed by atoms with Crippen molar-refractivity contribution in [2.45, 2.75) is 19.8 Å². The molecule has 1 aromatic carbocycles. The SMILES string of the molecule is COc1cccc(CCNC(=O)Cc2nc(C)no2)c1. The largest absolute Gasteiger partial charge is 0.497 e. The number of amides is 1. The highest BCUT2D eigenvalue weighted by atomic mass is 16.5. The van der Waals surface area contributed by atoms with E-state index in [0.29, 0.717) is 18.3 Å². The van der Waals surface area contributed by atoms with Crippen molar-refractivity contribution >= 4 is 5.91 Å². The molecular weight excluding hydrogens is 258 g/mol. The first kappa shape index (κ1) is 14.0. The lowest BCUT2D eigenvalue weighted by molar-refractivity contribution is -0.120. The van der Waals surface area contributed by atoms with Crippen LogP contribution in [0.15, 0.2) is 28.8 Å². The van der Waals surface area contributed by atoms with E-state index in [9.17, 15) is 4.79 Å². The number of nitrogens with zero attached hydrogens (tertiary/aromatic N) is 2. The Bertz CT molecular complexity index is 581. The van der Waals surface area contributed by atoms with Crippen LogP contribution in [0.2, 0.25) is 0 Å². The molecule has 0 saturated carbocycles. The van der Waals surface area contributed by atoms with Gasteiger partial charge in [-0.3, -0.25) is 4.79 Å². The minimum Gasteiger partial charge on any atom is -0.497 e. The first-order valence-electron chi connectivity index (χ1n) is 6.36. The van der Waals surface area contributed by atoms with Crippen LogP contribution in [0.3, 0.4) is 0 Å². The second kappa shape index (κ2) is 6.70. The van der Waals surface area contributed by atoms with E-state index in [1.165, 1.54) is 0 Å². The van der Waals surface area contributed by atoms with Crippen LogP contribution < -0.4 is 10.1 Å². The molecule has 0 fully saturated rings. The molecule has 0 aliphatic heterocycles. The van der Waals surface area contributed by atoms with E-state index in [2.05, 4.69) is 15.5 Å². The smallest absolute Gasteiger partial charge is 0.236 e. The van der Waals surface area contributed by atoms with Gasteiger partial charge in [-0.1, -0.05) is 17.3 Å².